The van der Waals surface area contributed by atoms with E-state index in [-0.39, 0.29) is 0 Å². The molecule has 0 aromatic heterocycles. The third-order valence-electron chi connectivity index (χ3n) is 1.42. The summed E-state index contributed by atoms with van der Waals surface area (Å²) in [4.78, 5) is 1.15. The van der Waals surface area contributed by atoms with Crippen LogP contribution in [-0.4, -0.2) is 6.26 Å². The highest BCUT2D eigenvalue weighted by molar-refractivity contribution is 7.98. The molecular weight excluding hydrogens is 154 g/mol. The molecule has 2 heteroatoms. The summed E-state index contributed by atoms with van der Waals surface area (Å²) >= 11 is 1.66. The van der Waals surface area contributed by atoms with Gasteiger partial charge in [-0.2, -0.15) is 5.26 Å². The van der Waals surface area contributed by atoms with Gasteiger partial charge >= 0.3 is 0 Å². The zero-order valence-corrected chi connectivity index (χ0v) is 7.40. The maximum atomic E-state index is 8.62. The van der Waals surface area contributed by atoms with E-state index in [0.717, 1.165) is 16.0 Å². The minimum atomic E-state index is 0.745. The van der Waals surface area contributed by atoms with Crippen LogP contribution in [0.5, 0.6) is 0 Å². The molecule has 1 nitrogen and oxygen atoms in total. The molecule has 0 heterocycles. The molecule has 0 aliphatic rings. The fraction of sp³-hybridized carbons (Fsp3) is 0.222. The van der Waals surface area contributed by atoms with E-state index < -0.39 is 0 Å². The molecule has 0 aliphatic heterocycles. The summed E-state index contributed by atoms with van der Waals surface area (Å²) in [5, 5.41) is 8.62. The summed E-state index contributed by atoms with van der Waals surface area (Å²) < 4.78 is 0. The van der Waals surface area contributed by atoms with Crippen LogP contribution >= 0.6 is 11.8 Å². The Labute approximate surface area is 71.0 Å². The van der Waals surface area contributed by atoms with E-state index >= 15 is 0 Å². The molecule has 1 rings (SSSR count). The van der Waals surface area contributed by atoms with Gasteiger partial charge in [-0.1, -0.05) is 0 Å². The lowest BCUT2D eigenvalue weighted by atomic mass is 10.2. The van der Waals surface area contributed by atoms with Crippen LogP contribution in [0.3, 0.4) is 0 Å². The second-order valence-corrected chi connectivity index (χ2v) is 3.23. The average molecular weight is 163 g/mol. The lowest BCUT2D eigenvalue weighted by molar-refractivity contribution is 1.33. The molecule has 1 aromatic carbocycles. The Balaban J connectivity index is 3.15. The van der Waals surface area contributed by atoms with Gasteiger partial charge in [-0.25, -0.2) is 0 Å². The molecule has 0 saturated heterocycles. The van der Waals surface area contributed by atoms with Crippen LogP contribution in [0.2, 0.25) is 0 Å². The SMILES string of the molecule is CSc1cc(C)cc(C#N)c1. The van der Waals surface area contributed by atoms with Gasteiger partial charge in [0.15, 0.2) is 0 Å². The fourth-order valence-corrected chi connectivity index (χ4v) is 1.48. The normalized spacial score (nSPS) is 9.18. The van der Waals surface area contributed by atoms with Crippen molar-refractivity contribution in [2.45, 2.75) is 11.8 Å². The molecule has 0 fully saturated rings. The second kappa shape index (κ2) is 3.45. The quantitative estimate of drug-likeness (QED) is 0.594. The van der Waals surface area contributed by atoms with Gasteiger partial charge in [0.05, 0.1) is 11.6 Å². The van der Waals surface area contributed by atoms with E-state index in [1.807, 2.05) is 25.3 Å². The van der Waals surface area contributed by atoms with Gasteiger partial charge in [0.1, 0.15) is 0 Å². The Bertz CT molecular complexity index is 299. The molecule has 56 valence electrons. The largest absolute Gasteiger partial charge is 0.192 e. The van der Waals surface area contributed by atoms with Crippen molar-refractivity contribution in [1.29, 1.82) is 5.26 Å². The molecular formula is C9H9NS. The predicted octanol–water partition coefficient (Wildman–Crippen LogP) is 2.59. The number of hydrogen-bond donors (Lipinski definition) is 0. The van der Waals surface area contributed by atoms with Crippen LogP contribution < -0.4 is 0 Å². The van der Waals surface area contributed by atoms with Crippen molar-refractivity contribution in [1.82, 2.24) is 0 Å². The first-order valence-corrected chi connectivity index (χ1v) is 4.54. The van der Waals surface area contributed by atoms with Crippen molar-refractivity contribution < 1.29 is 0 Å². The molecule has 0 saturated carbocycles. The van der Waals surface area contributed by atoms with Crippen LogP contribution in [0.4, 0.5) is 0 Å². The van der Waals surface area contributed by atoms with Crippen LogP contribution in [0.1, 0.15) is 11.1 Å². The van der Waals surface area contributed by atoms with E-state index in [9.17, 15) is 0 Å². The smallest absolute Gasteiger partial charge is 0.0992 e. The Morgan fingerprint density at radius 1 is 1.36 bits per heavy atom. The Kier molecular flexibility index (Phi) is 2.56. The van der Waals surface area contributed by atoms with Gasteiger partial charge in [0.2, 0.25) is 0 Å². The maximum absolute atomic E-state index is 8.62. The van der Waals surface area contributed by atoms with E-state index in [2.05, 4.69) is 12.1 Å². The number of thioether (sulfide) groups is 1. The molecule has 0 amide bonds. The van der Waals surface area contributed by atoms with E-state index in [1.165, 1.54) is 0 Å². The topological polar surface area (TPSA) is 23.8 Å². The molecule has 0 aliphatic carbocycles. The zero-order valence-electron chi connectivity index (χ0n) is 6.59. The van der Waals surface area contributed by atoms with E-state index in [0.29, 0.717) is 0 Å². The minimum Gasteiger partial charge on any atom is -0.192 e. The summed E-state index contributed by atoms with van der Waals surface area (Å²) in [6, 6.07) is 7.99. The maximum Gasteiger partial charge on any atom is 0.0992 e. The average Bonchev–Trinajstić information content (AvgIpc) is 2.03. The number of nitriles is 1. The van der Waals surface area contributed by atoms with Crippen LogP contribution in [0.25, 0.3) is 0 Å². The molecule has 0 bridgehead atoms. The Morgan fingerprint density at radius 3 is 2.64 bits per heavy atom. The summed E-state index contributed by atoms with van der Waals surface area (Å²) in [6.07, 6.45) is 2.01. The molecule has 11 heavy (non-hydrogen) atoms. The van der Waals surface area contributed by atoms with Crippen LogP contribution in [0.15, 0.2) is 23.1 Å². The summed E-state index contributed by atoms with van der Waals surface area (Å²) in [7, 11) is 0. The predicted molar refractivity (Wildman–Crippen MR) is 47.7 cm³/mol. The standard InChI is InChI=1S/C9H9NS/c1-7-3-8(6-10)5-9(4-7)11-2/h3-5H,1-2H3. The fourth-order valence-electron chi connectivity index (χ4n) is 0.930. The highest BCUT2D eigenvalue weighted by Crippen LogP contribution is 2.17. The first-order chi connectivity index (χ1) is 5.26. The van der Waals surface area contributed by atoms with Gasteiger partial charge in [-0.15, -0.1) is 11.8 Å². The van der Waals surface area contributed by atoms with Crippen LogP contribution in [0, 0.1) is 18.3 Å². The number of aryl methyl sites for hydroxylation is 1. The molecule has 1 aromatic rings. The summed E-state index contributed by atoms with van der Waals surface area (Å²) in [5.74, 6) is 0. The Morgan fingerprint density at radius 2 is 2.09 bits per heavy atom. The lowest BCUT2D eigenvalue weighted by Crippen LogP contribution is -1.79. The van der Waals surface area contributed by atoms with E-state index in [1.54, 1.807) is 11.8 Å². The lowest BCUT2D eigenvalue weighted by Gasteiger charge is -1.98. The second-order valence-electron chi connectivity index (χ2n) is 2.35. The Hall–Kier alpha value is -0.940. The van der Waals surface area contributed by atoms with Gasteiger partial charge in [-0.05, 0) is 36.9 Å². The first kappa shape index (κ1) is 8.16. The van der Waals surface area contributed by atoms with Crippen molar-refractivity contribution in [3.05, 3.63) is 29.3 Å². The van der Waals surface area contributed by atoms with Crippen LogP contribution in [-0.2, 0) is 0 Å². The molecule has 0 N–H and O–H groups in total. The molecule has 0 spiro atoms. The molecule has 0 radical (unpaired) electrons. The number of benzene rings is 1. The highest BCUT2D eigenvalue weighted by Gasteiger charge is 1.95. The molecule has 0 atom stereocenters. The monoisotopic (exact) mass is 163 g/mol. The van der Waals surface area contributed by atoms with Crippen molar-refractivity contribution >= 4 is 11.8 Å². The minimum absolute atomic E-state index is 0.745. The van der Waals surface area contributed by atoms with Crippen molar-refractivity contribution in [2.75, 3.05) is 6.26 Å². The number of nitrogens with zero attached hydrogens (tertiary/aromatic N) is 1. The van der Waals surface area contributed by atoms with Gasteiger partial charge in [0.25, 0.3) is 0 Å². The van der Waals surface area contributed by atoms with Gasteiger partial charge in [0, 0.05) is 4.90 Å². The van der Waals surface area contributed by atoms with Gasteiger partial charge in [-0.3, -0.25) is 0 Å². The van der Waals surface area contributed by atoms with E-state index in [4.69, 9.17) is 5.26 Å². The highest BCUT2D eigenvalue weighted by atomic mass is 32.2. The van der Waals surface area contributed by atoms with Crippen molar-refractivity contribution in [2.24, 2.45) is 0 Å². The van der Waals surface area contributed by atoms with Crippen molar-refractivity contribution in [3.63, 3.8) is 0 Å². The zero-order chi connectivity index (χ0) is 8.27. The first-order valence-electron chi connectivity index (χ1n) is 3.32. The summed E-state index contributed by atoms with van der Waals surface area (Å²) in [5.41, 5.74) is 1.89. The summed E-state index contributed by atoms with van der Waals surface area (Å²) in [6.45, 7) is 2.00. The van der Waals surface area contributed by atoms with Crippen molar-refractivity contribution in [3.8, 4) is 6.07 Å². The third kappa shape index (κ3) is 1.99. The number of hydrogen-bond acceptors (Lipinski definition) is 2. The number of rotatable bonds is 1. The molecule has 0 unspecified atom stereocenters. The third-order valence-corrected chi connectivity index (χ3v) is 2.12. The van der Waals surface area contributed by atoms with Gasteiger partial charge < -0.3 is 0 Å².